The van der Waals surface area contributed by atoms with Crippen LogP contribution in [0.2, 0.25) is 0 Å². The molecule has 1 aromatic heterocycles. The van der Waals surface area contributed by atoms with Crippen LogP contribution in [0, 0.1) is 6.92 Å². The van der Waals surface area contributed by atoms with Gasteiger partial charge in [0, 0.05) is 43.5 Å². The lowest BCUT2D eigenvalue weighted by Crippen LogP contribution is -2.41. The molecule has 128 valence electrons. The molecule has 1 aliphatic rings. The maximum atomic E-state index is 10.1. The minimum atomic E-state index is 0.0465. The Labute approximate surface area is 143 Å². The molecule has 0 saturated carbocycles. The van der Waals surface area contributed by atoms with E-state index in [0.717, 1.165) is 42.1 Å². The maximum Gasteiger partial charge on any atom is 0.133 e. The van der Waals surface area contributed by atoms with E-state index in [-0.39, 0.29) is 12.6 Å². The highest BCUT2D eigenvalue weighted by molar-refractivity contribution is 5.48. The number of aliphatic hydroxyl groups excluding tert-OH is 1. The molecular formula is C19H25N3O2. The predicted molar refractivity (Wildman–Crippen MR) is 95.1 cm³/mol. The molecular weight excluding hydrogens is 302 g/mol. The van der Waals surface area contributed by atoms with Crippen LogP contribution in [0.4, 0.5) is 5.82 Å². The lowest BCUT2D eigenvalue weighted by Gasteiger charge is -2.35. The van der Waals surface area contributed by atoms with E-state index in [2.05, 4.69) is 15.9 Å². The van der Waals surface area contributed by atoms with Gasteiger partial charge in [-0.1, -0.05) is 24.3 Å². The highest BCUT2D eigenvalue weighted by atomic mass is 16.3. The molecule has 0 unspecified atom stereocenters. The summed E-state index contributed by atoms with van der Waals surface area (Å²) in [5.41, 5.74) is 3.05. The molecule has 0 aliphatic carbocycles. The standard InChI is InChI=1S/C19H25N3O2/c1-14-7-8-16-12-22(11-15-5-3-4-6-18(15)24)10-9-17(13-23)21(2)19(16)20-14/h3-8,17,23-24H,9-13H2,1-2H3/t17-/m0/s1. The number of aliphatic hydroxyl groups is 1. The van der Waals surface area contributed by atoms with Crippen LogP contribution in [0.3, 0.4) is 0 Å². The largest absolute Gasteiger partial charge is 0.508 e. The number of phenolic OH excluding ortho intramolecular Hbond substituents is 1. The van der Waals surface area contributed by atoms with Crippen LogP contribution in [0.25, 0.3) is 0 Å². The van der Waals surface area contributed by atoms with Crippen molar-refractivity contribution in [2.75, 3.05) is 25.1 Å². The number of anilines is 1. The van der Waals surface area contributed by atoms with Crippen molar-refractivity contribution < 1.29 is 10.2 Å². The van der Waals surface area contributed by atoms with E-state index >= 15 is 0 Å². The number of aryl methyl sites for hydroxylation is 1. The molecule has 0 radical (unpaired) electrons. The summed E-state index contributed by atoms with van der Waals surface area (Å²) in [5.74, 6) is 1.27. The lowest BCUT2D eigenvalue weighted by molar-refractivity contribution is 0.204. The van der Waals surface area contributed by atoms with E-state index in [1.54, 1.807) is 6.07 Å². The average molecular weight is 327 g/mol. The number of nitrogens with zero attached hydrogens (tertiary/aromatic N) is 3. The van der Waals surface area contributed by atoms with Gasteiger partial charge in [0.05, 0.1) is 12.6 Å². The molecule has 1 aliphatic heterocycles. The summed E-state index contributed by atoms with van der Waals surface area (Å²) in [6, 6.07) is 11.7. The maximum absolute atomic E-state index is 10.1. The second kappa shape index (κ2) is 7.20. The summed E-state index contributed by atoms with van der Waals surface area (Å²) >= 11 is 0. The molecule has 0 fully saturated rings. The van der Waals surface area contributed by atoms with Crippen molar-refractivity contribution >= 4 is 5.82 Å². The van der Waals surface area contributed by atoms with E-state index in [9.17, 15) is 10.2 Å². The molecule has 5 heteroatoms. The first-order valence-electron chi connectivity index (χ1n) is 8.38. The van der Waals surface area contributed by atoms with Gasteiger partial charge in [-0.2, -0.15) is 0 Å². The number of fused-ring (bicyclic) bond motifs is 1. The third kappa shape index (κ3) is 3.52. The van der Waals surface area contributed by atoms with Gasteiger partial charge in [0.15, 0.2) is 0 Å². The second-order valence-electron chi connectivity index (χ2n) is 6.51. The molecule has 3 rings (SSSR count). The van der Waals surface area contributed by atoms with Gasteiger partial charge in [0.2, 0.25) is 0 Å². The van der Waals surface area contributed by atoms with E-state index in [1.807, 2.05) is 38.2 Å². The van der Waals surface area contributed by atoms with E-state index in [0.29, 0.717) is 12.3 Å². The van der Waals surface area contributed by atoms with Crippen molar-refractivity contribution in [2.45, 2.75) is 32.5 Å². The zero-order valence-electron chi connectivity index (χ0n) is 14.3. The Morgan fingerprint density at radius 1 is 1.21 bits per heavy atom. The Hall–Kier alpha value is -2.11. The Morgan fingerprint density at radius 3 is 2.75 bits per heavy atom. The number of aromatic nitrogens is 1. The number of pyridine rings is 1. The number of aromatic hydroxyl groups is 1. The number of likely N-dealkylation sites (N-methyl/N-ethyl adjacent to an activating group) is 1. The van der Waals surface area contributed by atoms with Crippen molar-refractivity contribution in [1.82, 2.24) is 9.88 Å². The van der Waals surface area contributed by atoms with Crippen LogP contribution in [0.1, 0.15) is 23.2 Å². The van der Waals surface area contributed by atoms with Crippen molar-refractivity contribution in [3.63, 3.8) is 0 Å². The predicted octanol–water partition coefficient (Wildman–Crippen LogP) is 2.30. The van der Waals surface area contributed by atoms with Crippen LogP contribution in [0.5, 0.6) is 5.75 Å². The first-order chi connectivity index (χ1) is 11.6. The van der Waals surface area contributed by atoms with Gasteiger partial charge >= 0.3 is 0 Å². The number of hydrogen-bond donors (Lipinski definition) is 2. The van der Waals surface area contributed by atoms with Crippen molar-refractivity contribution in [3.05, 3.63) is 53.2 Å². The molecule has 2 N–H and O–H groups in total. The van der Waals surface area contributed by atoms with Crippen molar-refractivity contribution in [2.24, 2.45) is 0 Å². The highest BCUT2D eigenvalue weighted by Crippen LogP contribution is 2.27. The number of para-hydroxylation sites is 1. The first kappa shape index (κ1) is 16.7. The summed E-state index contributed by atoms with van der Waals surface area (Å²) in [4.78, 5) is 9.10. The Balaban J connectivity index is 1.90. The summed E-state index contributed by atoms with van der Waals surface area (Å²) in [7, 11) is 2.00. The molecule has 0 amide bonds. The highest BCUT2D eigenvalue weighted by Gasteiger charge is 2.24. The molecule has 24 heavy (non-hydrogen) atoms. The Morgan fingerprint density at radius 2 is 2.00 bits per heavy atom. The average Bonchev–Trinajstić information content (AvgIpc) is 2.57. The fourth-order valence-corrected chi connectivity index (χ4v) is 3.25. The molecule has 0 saturated heterocycles. The minimum absolute atomic E-state index is 0.0465. The molecule has 0 spiro atoms. The fraction of sp³-hybridized carbons (Fsp3) is 0.421. The summed E-state index contributed by atoms with van der Waals surface area (Å²) in [6.45, 7) is 4.41. The van der Waals surface area contributed by atoms with Gasteiger partial charge in [-0.15, -0.1) is 0 Å². The van der Waals surface area contributed by atoms with E-state index in [4.69, 9.17) is 4.98 Å². The summed E-state index contributed by atoms with van der Waals surface area (Å²) in [5, 5.41) is 19.8. The topological polar surface area (TPSA) is 59.8 Å². The molecule has 1 atom stereocenters. The van der Waals surface area contributed by atoms with Crippen LogP contribution in [-0.4, -0.2) is 46.3 Å². The van der Waals surface area contributed by atoms with Gasteiger partial charge in [-0.3, -0.25) is 4.90 Å². The van der Waals surface area contributed by atoms with Crippen LogP contribution in [0.15, 0.2) is 36.4 Å². The van der Waals surface area contributed by atoms with Crippen molar-refractivity contribution in [3.8, 4) is 5.75 Å². The van der Waals surface area contributed by atoms with Crippen LogP contribution in [-0.2, 0) is 13.1 Å². The second-order valence-corrected chi connectivity index (χ2v) is 6.51. The quantitative estimate of drug-likeness (QED) is 0.906. The van der Waals surface area contributed by atoms with Gasteiger partial charge in [0.25, 0.3) is 0 Å². The number of rotatable bonds is 3. The van der Waals surface area contributed by atoms with Gasteiger partial charge in [-0.25, -0.2) is 4.98 Å². The third-order valence-electron chi connectivity index (χ3n) is 4.75. The van der Waals surface area contributed by atoms with Crippen LogP contribution < -0.4 is 4.90 Å². The SMILES string of the molecule is Cc1ccc2c(n1)N(C)[C@H](CO)CCN(Cc1ccccc1O)C2. The molecule has 0 bridgehead atoms. The zero-order chi connectivity index (χ0) is 17.1. The smallest absolute Gasteiger partial charge is 0.133 e. The Bertz CT molecular complexity index is 705. The number of phenols is 1. The fourth-order valence-electron chi connectivity index (χ4n) is 3.25. The van der Waals surface area contributed by atoms with Gasteiger partial charge in [0.1, 0.15) is 11.6 Å². The number of hydrogen-bond acceptors (Lipinski definition) is 5. The van der Waals surface area contributed by atoms with Gasteiger partial charge in [-0.05, 0) is 25.5 Å². The van der Waals surface area contributed by atoms with E-state index in [1.165, 1.54) is 0 Å². The summed E-state index contributed by atoms with van der Waals surface area (Å²) in [6.07, 6.45) is 0.857. The molecule has 1 aromatic carbocycles. The lowest BCUT2D eigenvalue weighted by atomic mass is 10.1. The number of benzene rings is 1. The minimum Gasteiger partial charge on any atom is -0.508 e. The molecule has 2 heterocycles. The monoisotopic (exact) mass is 327 g/mol. The molecule has 2 aromatic rings. The Kier molecular flexibility index (Phi) is 5.02. The zero-order valence-corrected chi connectivity index (χ0v) is 14.3. The molecule has 5 nitrogen and oxygen atoms in total. The van der Waals surface area contributed by atoms with Crippen molar-refractivity contribution in [1.29, 1.82) is 0 Å². The third-order valence-corrected chi connectivity index (χ3v) is 4.75. The van der Waals surface area contributed by atoms with Gasteiger partial charge < -0.3 is 15.1 Å². The van der Waals surface area contributed by atoms with Crippen LogP contribution >= 0.6 is 0 Å². The normalized spacial score (nSPS) is 18.8. The van der Waals surface area contributed by atoms with E-state index < -0.39 is 0 Å². The summed E-state index contributed by atoms with van der Waals surface area (Å²) < 4.78 is 0. The first-order valence-corrected chi connectivity index (χ1v) is 8.38.